The smallest absolute Gasteiger partial charge is 0.253 e. The van der Waals surface area contributed by atoms with Gasteiger partial charge in [-0.3, -0.25) is 4.79 Å². The maximum atomic E-state index is 13.3. The molecule has 86 valence electrons. The molecule has 0 aliphatic carbocycles. The molecule has 0 radical (unpaired) electrons. The monoisotopic (exact) mass is 287 g/mol. The number of anilines is 1. The molecule has 0 spiro atoms. The van der Waals surface area contributed by atoms with Crippen molar-refractivity contribution in [3.05, 3.63) is 28.5 Å². The molecule has 1 aliphatic heterocycles. The van der Waals surface area contributed by atoms with Gasteiger partial charge in [-0.05, 0) is 31.0 Å². The van der Waals surface area contributed by atoms with Crippen LogP contribution in [-0.2, 0) is 9.53 Å². The molecule has 1 amide bonds. The van der Waals surface area contributed by atoms with Crippen molar-refractivity contribution in [2.24, 2.45) is 0 Å². The number of nitrogens with one attached hydrogen (secondary N) is 1. The van der Waals surface area contributed by atoms with E-state index in [1.54, 1.807) is 6.07 Å². The number of hydrogen-bond acceptors (Lipinski definition) is 2. The first-order valence-corrected chi connectivity index (χ1v) is 5.83. The minimum atomic E-state index is -0.449. The fourth-order valence-corrected chi connectivity index (χ4v) is 1.95. The zero-order chi connectivity index (χ0) is 11.5. The van der Waals surface area contributed by atoms with Crippen LogP contribution in [0.5, 0.6) is 0 Å². The van der Waals surface area contributed by atoms with Crippen molar-refractivity contribution < 1.29 is 13.9 Å². The van der Waals surface area contributed by atoms with Gasteiger partial charge in [-0.2, -0.15) is 0 Å². The van der Waals surface area contributed by atoms with Crippen LogP contribution in [-0.4, -0.2) is 18.6 Å². The van der Waals surface area contributed by atoms with E-state index in [1.165, 1.54) is 12.1 Å². The molecule has 1 unspecified atom stereocenters. The van der Waals surface area contributed by atoms with Gasteiger partial charge in [0.25, 0.3) is 5.91 Å². The molecule has 2 rings (SSSR count). The highest BCUT2D eigenvalue weighted by molar-refractivity contribution is 9.10. The fraction of sp³-hybridized carbons (Fsp3) is 0.364. The quantitative estimate of drug-likeness (QED) is 0.908. The number of carbonyl (C=O) groups is 1. The van der Waals surface area contributed by atoms with Crippen LogP contribution in [0.1, 0.15) is 12.8 Å². The lowest BCUT2D eigenvalue weighted by atomic mass is 10.2. The average Bonchev–Trinajstić information content (AvgIpc) is 2.76. The van der Waals surface area contributed by atoms with Crippen LogP contribution >= 0.6 is 15.9 Å². The summed E-state index contributed by atoms with van der Waals surface area (Å²) in [7, 11) is 0. The van der Waals surface area contributed by atoms with E-state index in [-0.39, 0.29) is 11.6 Å². The lowest BCUT2D eigenvalue weighted by molar-refractivity contribution is -0.124. The second-order valence-electron chi connectivity index (χ2n) is 3.62. The third kappa shape index (κ3) is 2.59. The first-order valence-electron chi connectivity index (χ1n) is 5.04. The van der Waals surface area contributed by atoms with Gasteiger partial charge in [0, 0.05) is 11.1 Å². The molecule has 3 nitrogen and oxygen atoms in total. The maximum Gasteiger partial charge on any atom is 0.253 e. The van der Waals surface area contributed by atoms with Gasteiger partial charge in [0.1, 0.15) is 11.9 Å². The van der Waals surface area contributed by atoms with Gasteiger partial charge in [0.15, 0.2) is 0 Å². The van der Waals surface area contributed by atoms with Crippen molar-refractivity contribution in [3.63, 3.8) is 0 Å². The van der Waals surface area contributed by atoms with Crippen molar-refractivity contribution >= 4 is 27.5 Å². The molecular formula is C11H11BrFNO2. The molecule has 1 atom stereocenters. The molecule has 1 N–H and O–H groups in total. The van der Waals surface area contributed by atoms with Crippen LogP contribution in [0, 0.1) is 5.82 Å². The first-order chi connectivity index (χ1) is 7.66. The molecule has 1 aliphatic rings. The van der Waals surface area contributed by atoms with E-state index in [2.05, 4.69) is 21.2 Å². The average molecular weight is 288 g/mol. The van der Waals surface area contributed by atoms with E-state index in [9.17, 15) is 9.18 Å². The van der Waals surface area contributed by atoms with Gasteiger partial charge in [0.05, 0.1) is 5.69 Å². The summed E-state index contributed by atoms with van der Waals surface area (Å²) in [6.07, 6.45) is 1.12. The second kappa shape index (κ2) is 4.93. The lowest BCUT2D eigenvalue weighted by Crippen LogP contribution is -2.27. The number of ether oxygens (including phenoxy) is 1. The predicted molar refractivity (Wildman–Crippen MR) is 61.7 cm³/mol. The molecule has 1 fully saturated rings. The molecule has 1 aromatic rings. The van der Waals surface area contributed by atoms with Crippen LogP contribution in [0.3, 0.4) is 0 Å². The first kappa shape index (κ1) is 11.5. The summed E-state index contributed by atoms with van der Waals surface area (Å²) in [4.78, 5) is 11.7. The maximum absolute atomic E-state index is 13.3. The van der Waals surface area contributed by atoms with Gasteiger partial charge in [0.2, 0.25) is 0 Å². The molecule has 1 heterocycles. The zero-order valence-corrected chi connectivity index (χ0v) is 10.1. The number of halogens is 2. The Balaban J connectivity index is 2.07. The van der Waals surface area contributed by atoms with Crippen LogP contribution < -0.4 is 5.32 Å². The number of hydrogen-bond donors (Lipinski definition) is 1. The molecule has 16 heavy (non-hydrogen) atoms. The highest BCUT2D eigenvalue weighted by atomic mass is 79.9. The van der Waals surface area contributed by atoms with Crippen LogP contribution in [0.15, 0.2) is 22.7 Å². The molecule has 0 bridgehead atoms. The summed E-state index contributed by atoms with van der Waals surface area (Å²) in [5, 5.41) is 2.52. The molecule has 5 heteroatoms. The van der Waals surface area contributed by atoms with Crippen LogP contribution in [0.25, 0.3) is 0 Å². The number of rotatable bonds is 2. The molecule has 1 saturated heterocycles. The standard InChI is InChI=1S/C11H11BrFNO2/c12-7-3-4-8(13)9(6-7)14-11(15)10-2-1-5-16-10/h3-4,6,10H,1-2,5H2,(H,14,15). The highest BCUT2D eigenvalue weighted by Gasteiger charge is 2.24. The largest absolute Gasteiger partial charge is 0.368 e. The van der Waals surface area contributed by atoms with E-state index >= 15 is 0 Å². The lowest BCUT2D eigenvalue weighted by Gasteiger charge is -2.11. The number of benzene rings is 1. The molecular weight excluding hydrogens is 277 g/mol. The van der Waals surface area contributed by atoms with Crippen molar-refractivity contribution in [1.29, 1.82) is 0 Å². The minimum absolute atomic E-state index is 0.176. The Labute approximate surface area is 101 Å². The van der Waals surface area contributed by atoms with E-state index in [0.717, 1.165) is 10.9 Å². The number of carbonyl (C=O) groups excluding carboxylic acids is 1. The van der Waals surface area contributed by atoms with Gasteiger partial charge >= 0.3 is 0 Å². The van der Waals surface area contributed by atoms with Crippen LogP contribution in [0.2, 0.25) is 0 Å². The Kier molecular flexibility index (Phi) is 3.56. The predicted octanol–water partition coefficient (Wildman–Crippen LogP) is 2.71. The highest BCUT2D eigenvalue weighted by Crippen LogP contribution is 2.21. The van der Waals surface area contributed by atoms with Crippen molar-refractivity contribution in [1.82, 2.24) is 0 Å². The summed E-state index contributed by atoms with van der Waals surface area (Å²) < 4.78 is 19.3. The third-order valence-electron chi connectivity index (χ3n) is 2.41. The Morgan fingerprint density at radius 3 is 3.06 bits per heavy atom. The van der Waals surface area contributed by atoms with Gasteiger partial charge < -0.3 is 10.1 Å². The second-order valence-corrected chi connectivity index (χ2v) is 4.53. The fourth-order valence-electron chi connectivity index (χ4n) is 1.59. The summed E-state index contributed by atoms with van der Waals surface area (Å²) in [5.74, 6) is -0.732. The van der Waals surface area contributed by atoms with E-state index in [0.29, 0.717) is 13.0 Å². The summed E-state index contributed by atoms with van der Waals surface area (Å²) in [6.45, 7) is 0.596. The van der Waals surface area contributed by atoms with Gasteiger partial charge in [-0.15, -0.1) is 0 Å². The van der Waals surface area contributed by atoms with Crippen molar-refractivity contribution in [2.45, 2.75) is 18.9 Å². The third-order valence-corrected chi connectivity index (χ3v) is 2.90. The Bertz CT molecular complexity index is 405. The molecule has 1 aromatic carbocycles. The van der Waals surface area contributed by atoms with Gasteiger partial charge in [-0.25, -0.2) is 4.39 Å². The van der Waals surface area contributed by atoms with E-state index in [4.69, 9.17) is 4.74 Å². The van der Waals surface area contributed by atoms with Crippen molar-refractivity contribution in [3.8, 4) is 0 Å². The Morgan fingerprint density at radius 1 is 1.56 bits per heavy atom. The van der Waals surface area contributed by atoms with E-state index in [1.807, 2.05) is 0 Å². The zero-order valence-electron chi connectivity index (χ0n) is 8.50. The summed E-state index contributed by atoms with van der Waals surface area (Å²) in [6, 6.07) is 4.41. The summed E-state index contributed by atoms with van der Waals surface area (Å²) >= 11 is 3.22. The Morgan fingerprint density at radius 2 is 2.38 bits per heavy atom. The van der Waals surface area contributed by atoms with E-state index < -0.39 is 11.9 Å². The van der Waals surface area contributed by atoms with Crippen LogP contribution in [0.4, 0.5) is 10.1 Å². The Hall–Kier alpha value is -0.940. The molecule has 0 aromatic heterocycles. The normalized spacial score (nSPS) is 19.8. The molecule has 0 saturated carbocycles. The number of amides is 1. The summed E-state index contributed by atoms with van der Waals surface area (Å²) in [5.41, 5.74) is 0.176. The van der Waals surface area contributed by atoms with Gasteiger partial charge in [-0.1, -0.05) is 15.9 Å². The van der Waals surface area contributed by atoms with Crippen molar-refractivity contribution in [2.75, 3.05) is 11.9 Å². The minimum Gasteiger partial charge on any atom is -0.368 e. The topological polar surface area (TPSA) is 38.3 Å². The SMILES string of the molecule is O=C(Nc1cc(Br)ccc1F)C1CCCO1.